The van der Waals surface area contributed by atoms with E-state index in [4.69, 9.17) is 23.2 Å². The highest BCUT2D eigenvalue weighted by molar-refractivity contribution is 6.36. The van der Waals surface area contributed by atoms with Crippen molar-refractivity contribution in [1.29, 1.82) is 0 Å². The van der Waals surface area contributed by atoms with Gasteiger partial charge in [-0.3, -0.25) is 19.0 Å². The highest BCUT2D eigenvalue weighted by atomic mass is 35.5. The molecule has 2 N–H and O–H groups in total. The first-order valence-electron chi connectivity index (χ1n) is 11.5. The summed E-state index contributed by atoms with van der Waals surface area (Å²) < 4.78 is 2.76. The third kappa shape index (κ3) is 5.07. The van der Waals surface area contributed by atoms with Crippen molar-refractivity contribution in [3.63, 3.8) is 0 Å². The maximum Gasteiger partial charge on any atom is 0.277 e. The number of benzene rings is 1. The van der Waals surface area contributed by atoms with Crippen LogP contribution in [-0.4, -0.2) is 54.7 Å². The molecule has 3 aromatic rings. The normalized spacial score (nSPS) is 17.5. The van der Waals surface area contributed by atoms with Gasteiger partial charge < -0.3 is 15.3 Å². The van der Waals surface area contributed by atoms with Gasteiger partial charge in [0.15, 0.2) is 0 Å². The van der Waals surface area contributed by atoms with Crippen molar-refractivity contribution in [3.8, 4) is 0 Å². The van der Waals surface area contributed by atoms with Crippen LogP contribution in [0.5, 0.6) is 0 Å². The Hall–Kier alpha value is -2.88. The standard InChI is InChI=1S/C24H25Cl2N5O4/c25-18-2-1-3-19(26)17(18)11-21(32)28-16-10-20-23(34)30(14-27-31(20)12-16)13-24(35)6-8-29(9-7-24)22(33)15-4-5-15/h1-3,10,12,14-15,35H,4-9,11,13H2,(H,28,32). The van der Waals surface area contributed by atoms with E-state index in [1.807, 2.05) is 4.90 Å². The molecule has 0 bridgehead atoms. The molecule has 184 valence electrons. The van der Waals surface area contributed by atoms with E-state index in [0.29, 0.717) is 47.2 Å². The van der Waals surface area contributed by atoms with Crippen molar-refractivity contribution < 1.29 is 14.7 Å². The molecule has 35 heavy (non-hydrogen) atoms. The highest BCUT2D eigenvalue weighted by Gasteiger charge is 2.39. The second-order valence-electron chi connectivity index (χ2n) is 9.37. The minimum absolute atomic E-state index is 0.0182. The van der Waals surface area contributed by atoms with Crippen LogP contribution < -0.4 is 10.9 Å². The SMILES string of the molecule is O=C(Cc1c(Cl)cccc1Cl)Nc1cc2c(=O)n(CC3(O)CCN(C(=O)C4CC4)CC3)cnn2c1. The van der Waals surface area contributed by atoms with Crippen LogP contribution >= 0.6 is 23.2 Å². The summed E-state index contributed by atoms with van der Waals surface area (Å²) in [5.74, 6) is -0.00828. The van der Waals surface area contributed by atoms with Crippen LogP contribution in [0.2, 0.25) is 10.0 Å². The third-order valence-corrected chi connectivity index (χ3v) is 7.38. The molecule has 1 saturated carbocycles. The van der Waals surface area contributed by atoms with Gasteiger partial charge in [0.2, 0.25) is 11.8 Å². The summed E-state index contributed by atoms with van der Waals surface area (Å²) in [6.45, 7) is 1.04. The lowest BCUT2D eigenvalue weighted by Crippen LogP contribution is -2.50. The number of anilines is 1. The Morgan fingerprint density at radius 2 is 1.86 bits per heavy atom. The Morgan fingerprint density at radius 3 is 2.51 bits per heavy atom. The van der Waals surface area contributed by atoms with Gasteiger partial charge in [-0.25, -0.2) is 4.52 Å². The molecule has 1 aromatic carbocycles. The molecule has 2 fully saturated rings. The fourth-order valence-corrected chi connectivity index (χ4v) is 5.01. The van der Waals surface area contributed by atoms with Crippen LogP contribution in [-0.2, 0) is 22.6 Å². The number of rotatable bonds is 6. The molecule has 5 rings (SSSR count). The van der Waals surface area contributed by atoms with Gasteiger partial charge in [-0.05, 0) is 49.4 Å². The van der Waals surface area contributed by atoms with Gasteiger partial charge in [0.25, 0.3) is 5.56 Å². The largest absolute Gasteiger partial charge is 0.388 e. The smallest absolute Gasteiger partial charge is 0.277 e. The third-order valence-electron chi connectivity index (χ3n) is 6.68. The van der Waals surface area contributed by atoms with E-state index in [1.54, 1.807) is 30.5 Å². The van der Waals surface area contributed by atoms with E-state index in [2.05, 4.69) is 10.4 Å². The summed E-state index contributed by atoms with van der Waals surface area (Å²) in [6, 6.07) is 6.57. The topological polar surface area (TPSA) is 109 Å². The van der Waals surface area contributed by atoms with Crippen molar-refractivity contribution >= 4 is 46.2 Å². The number of hydrogen-bond donors (Lipinski definition) is 2. The lowest BCUT2D eigenvalue weighted by molar-refractivity contribution is -0.137. The molecule has 1 saturated heterocycles. The Labute approximate surface area is 211 Å². The quantitative estimate of drug-likeness (QED) is 0.522. The number of piperidine rings is 1. The van der Waals surface area contributed by atoms with Gasteiger partial charge in [-0.15, -0.1) is 0 Å². The second-order valence-corrected chi connectivity index (χ2v) is 10.2. The molecule has 2 amide bonds. The monoisotopic (exact) mass is 517 g/mol. The molecular formula is C24H25Cl2N5O4. The number of nitrogens with one attached hydrogen (secondary N) is 1. The van der Waals surface area contributed by atoms with Gasteiger partial charge in [0, 0.05) is 29.1 Å². The zero-order chi connectivity index (χ0) is 24.7. The average Bonchev–Trinajstić information content (AvgIpc) is 3.59. The van der Waals surface area contributed by atoms with E-state index >= 15 is 0 Å². The Morgan fingerprint density at radius 1 is 1.17 bits per heavy atom. The molecule has 0 spiro atoms. The van der Waals surface area contributed by atoms with Crippen LogP contribution in [0.1, 0.15) is 31.2 Å². The first kappa shape index (κ1) is 23.8. The molecule has 1 aliphatic carbocycles. The minimum atomic E-state index is -1.10. The van der Waals surface area contributed by atoms with E-state index in [-0.39, 0.29) is 41.8 Å². The van der Waals surface area contributed by atoms with E-state index in [0.717, 1.165) is 12.8 Å². The summed E-state index contributed by atoms with van der Waals surface area (Å²) in [4.78, 5) is 39.7. The highest BCUT2D eigenvalue weighted by Crippen LogP contribution is 2.33. The van der Waals surface area contributed by atoms with Crippen LogP contribution in [0.15, 0.2) is 41.6 Å². The average molecular weight is 518 g/mol. The number of halogens is 2. The van der Waals surface area contributed by atoms with E-state index < -0.39 is 5.60 Å². The summed E-state index contributed by atoms with van der Waals surface area (Å²) >= 11 is 12.3. The number of hydrogen-bond acceptors (Lipinski definition) is 5. The molecule has 11 heteroatoms. The van der Waals surface area contributed by atoms with Crippen molar-refractivity contribution in [2.75, 3.05) is 18.4 Å². The first-order valence-corrected chi connectivity index (χ1v) is 12.3. The van der Waals surface area contributed by atoms with Crippen molar-refractivity contribution in [2.45, 2.75) is 44.2 Å². The molecule has 2 aliphatic rings. The molecule has 3 heterocycles. The van der Waals surface area contributed by atoms with Crippen LogP contribution in [0.4, 0.5) is 5.69 Å². The van der Waals surface area contributed by atoms with Gasteiger partial charge in [0.05, 0.1) is 30.5 Å². The number of amides is 2. The summed E-state index contributed by atoms with van der Waals surface area (Å²) in [6.07, 6.45) is 5.61. The molecule has 1 aliphatic heterocycles. The van der Waals surface area contributed by atoms with Gasteiger partial charge in [0.1, 0.15) is 11.8 Å². The van der Waals surface area contributed by atoms with E-state index in [9.17, 15) is 19.5 Å². The Bertz CT molecular complexity index is 1340. The number of aromatic nitrogens is 3. The maximum atomic E-state index is 13.1. The molecule has 0 radical (unpaired) electrons. The Balaban J connectivity index is 1.27. The minimum Gasteiger partial charge on any atom is -0.388 e. The fourth-order valence-electron chi connectivity index (χ4n) is 4.48. The van der Waals surface area contributed by atoms with Gasteiger partial charge >= 0.3 is 0 Å². The van der Waals surface area contributed by atoms with Crippen LogP contribution in [0.3, 0.4) is 0 Å². The van der Waals surface area contributed by atoms with E-state index in [1.165, 1.54) is 15.4 Å². The lowest BCUT2D eigenvalue weighted by Gasteiger charge is -2.38. The summed E-state index contributed by atoms with van der Waals surface area (Å²) in [7, 11) is 0. The van der Waals surface area contributed by atoms with Crippen LogP contribution in [0.25, 0.3) is 5.52 Å². The fraction of sp³-hybridized carbons (Fsp3) is 0.417. The number of aliphatic hydroxyl groups is 1. The van der Waals surface area contributed by atoms with Crippen molar-refractivity contribution in [1.82, 2.24) is 19.1 Å². The van der Waals surface area contributed by atoms with Gasteiger partial charge in [-0.1, -0.05) is 29.3 Å². The predicted octanol–water partition coefficient (Wildman–Crippen LogP) is 2.75. The molecule has 2 aromatic heterocycles. The van der Waals surface area contributed by atoms with Crippen molar-refractivity contribution in [3.05, 3.63) is 62.8 Å². The molecular weight excluding hydrogens is 493 g/mol. The summed E-state index contributed by atoms with van der Waals surface area (Å²) in [5, 5.41) is 18.9. The van der Waals surface area contributed by atoms with Crippen molar-refractivity contribution in [2.24, 2.45) is 5.92 Å². The number of carbonyl (C=O) groups excluding carboxylic acids is 2. The van der Waals surface area contributed by atoms with Crippen LogP contribution in [0, 0.1) is 5.92 Å². The first-order chi connectivity index (χ1) is 16.7. The molecule has 0 atom stereocenters. The number of carbonyl (C=O) groups is 2. The molecule has 0 unspecified atom stereocenters. The number of likely N-dealkylation sites (tertiary alicyclic amines) is 1. The summed E-state index contributed by atoms with van der Waals surface area (Å²) in [5.41, 5.74) is -0.230. The lowest BCUT2D eigenvalue weighted by atomic mass is 9.91. The zero-order valence-electron chi connectivity index (χ0n) is 18.9. The molecule has 9 nitrogen and oxygen atoms in total. The predicted molar refractivity (Wildman–Crippen MR) is 132 cm³/mol. The Kier molecular flexibility index (Phi) is 6.33. The maximum absolute atomic E-state index is 13.1. The second kappa shape index (κ2) is 9.29. The van der Waals surface area contributed by atoms with Gasteiger partial charge in [-0.2, -0.15) is 5.10 Å². The number of fused-ring (bicyclic) bond motifs is 1. The zero-order valence-corrected chi connectivity index (χ0v) is 20.4. The number of nitrogens with zero attached hydrogens (tertiary/aromatic N) is 4.